The normalized spacial score (nSPS) is 17.0. The summed E-state index contributed by atoms with van der Waals surface area (Å²) in [7, 11) is 0. The first-order valence-electron chi connectivity index (χ1n) is 15.1. The molecule has 1 fully saturated rings. The van der Waals surface area contributed by atoms with Gasteiger partial charge in [0, 0.05) is 35.8 Å². The highest BCUT2D eigenvalue weighted by atomic mass is 32.1. The average molecular weight is 629 g/mol. The van der Waals surface area contributed by atoms with Gasteiger partial charge in [0.15, 0.2) is 4.80 Å². The Labute approximate surface area is 264 Å². The first kappa shape index (κ1) is 30.5. The minimum atomic E-state index is -0.724. The molecule has 0 spiro atoms. The molecule has 2 aliphatic heterocycles. The Bertz CT molecular complexity index is 1960. The van der Waals surface area contributed by atoms with Gasteiger partial charge >= 0.3 is 5.97 Å². The van der Waals surface area contributed by atoms with Gasteiger partial charge in [-0.25, -0.2) is 9.79 Å². The maximum absolute atomic E-state index is 14.2. The third-order valence-electron chi connectivity index (χ3n) is 7.87. The molecule has 234 valence electrons. The predicted molar refractivity (Wildman–Crippen MR) is 172 cm³/mol. The van der Waals surface area contributed by atoms with Crippen LogP contribution in [0.1, 0.15) is 44.9 Å². The summed E-state index contributed by atoms with van der Waals surface area (Å²) in [4.78, 5) is 47.7. The van der Waals surface area contributed by atoms with Gasteiger partial charge in [-0.3, -0.25) is 14.2 Å². The molecule has 0 radical (unpaired) electrons. The van der Waals surface area contributed by atoms with Crippen molar-refractivity contribution in [3.05, 3.63) is 96.8 Å². The first-order valence-corrected chi connectivity index (χ1v) is 16.0. The lowest BCUT2D eigenvalue weighted by Crippen LogP contribution is -2.42. The van der Waals surface area contributed by atoms with E-state index in [1.54, 1.807) is 25.3 Å². The third-order valence-corrected chi connectivity index (χ3v) is 8.85. The van der Waals surface area contributed by atoms with Crippen molar-refractivity contribution in [2.75, 3.05) is 32.9 Å². The van der Waals surface area contributed by atoms with Crippen LogP contribution in [0, 0.1) is 0 Å². The van der Waals surface area contributed by atoms with Crippen molar-refractivity contribution in [2.45, 2.75) is 46.4 Å². The van der Waals surface area contributed by atoms with E-state index in [0.29, 0.717) is 59.3 Å². The van der Waals surface area contributed by atoms with Crippen LogP contribution >= 0.6 is 11.3 Å². The quantitative estimate of drug-likeness (QED) is 0.277. The molecule has 0 saturated carbocycles. The van der Waals surface area contributed by atoms with Crippen LogP contribution in [0.25, 0.3) is 17.0 Å². The lowest BCUT2D eigenvalue weighted by Gasteiger charge is -2.27. The van der Waals surface area contributed by atoms with Crippen molar-refractivity contribution in [1.82, 2.24) is 14.0 Å². The lowest BCUT2D eigenvalue weighted by molar-refractivity contribution is -0.143. The van der Waals surface area contributed by atoms with Crippen molar-refractivity contribution >= 4 is 40.2 Å². The molecular formula is C34H36N4O6S. The number of hydrogen-bond donors (Lipinski definition) is 0. The van der Waals surface area contributed by atoms with Gasteiger partial charge in [-0.05, 0) is 57.5 Å². The summed E-state index contributed by atoms with van der Waals surface area (Å²) in [6, 6.07) is 14.5. The summed E-state index contributed by atoms with van der Waals surface area (Å²) in [5.74, 6) is 0.216. The summed E-state index contributed by atoms with van der Waals surface area (Å²) in [6.45, 7) is 10.2. The second kappa shape index (κ2) is 12.9. The summed E-state index contributed by atoms with van der Waals surface area (Å²) in [6.07, 6.45) is 3.43. The smallest absolute Gasteiger partial charge is 0.338 e. The van der Waals surface area contributed by atoms with Gasteiger partial charge < -0.3 is 23.7 Å². The number of morpholine rings is 1. The standard InChI is InChI=1S/C34H36N4O6S/c1-5-43-25-12-10-23(11-13-25)31-30(33(41)44-21(2)3)22(4)35-34-38(31)32(40)28(45-34)18-24-19-37(27-9-7-6-8-26(24)27)20-29(39)36-14-16-42-17-15-36/h6-13,18-19,21,31H,5,14-17,20H2,1-4H3/b28-18-/t31-/m0/s1. The molecule has 4 aromatic rings. The van der Waals surface area contributed by atoms with Gasteiger partial charge in [0.1, 0.15) is 12.3 Å². The van der Waals surface area contributed by atoms with Crippen LogP contribution in [0.15, 0.2) is 75.8 Å². The molecule has 1 atom stereocenters. The highest BCUT2D eigenvalue weighted by Gasteiger charge is 2.34. The zero-order valence-corrected chi connectivity index (χ0v) is 26.6. The van der Waals surface area contributed by atoms with E-state index in [1.807, 2.05) is 77.2 Å². The molecule has 2 aromatic carbocycles. The molecule has 11 heteroatoms. The van der Waals surface area contributed by atoms with Crippen molar-refractivity contribution < 1.29 is 23.8 Å². The Morgan fingerprint density at radius 1 is 1.11 bits per heavy atom. The number of ether oxygens (including phenoxy) is 3. The van der Waals surface area contributed by atoms with Gasteiger partial charge in [0.2, 0.25) is 5.91 Å². The number of benzene rings is 2. The number of esters is 1. The Kier molecular flexibility index (Phi) is 8.73. The minimum Gasteiger partial charge on any atom is -0.494 e. The Balaban J connectivity index is 1.45. The zero-order valence-electron chi connectivity index (χ0n) is 25.8. The minimum absolute atomic E-state index is 0.0246. The van der Waals surface area contributed by atoms with E-state index in [9.17, 15) is 14.4 Å². The van der Waals surface area contributed by atoms with Crippen LogP contribution < -0.4 is 19.6 Å². The summed E-state index contributed by atoms with van der Waals surface area (Å²) >= 11 is 1.27. The molecule has 0 bridgehead atoms. The summed E-state index contributed by atoms with van der Waals surface area (Å²) in [5, 5.41) is 0.929. The van der Waals surface area contributed by atoms with Crippen molar-refractivity contribution in [1.29, 1.82) is 0 Å². The molecule has 10 nitrogen and oxygen atoms in total. The fourth-order valence-corrected chi connectivity index (χ4v) is 6.85. The average Bonchev–Trinajstić information content (AvgIpc) is 3.53. The van der Waals surface area contributed by atoms with Gasteiger partial charge in [-0.15, -0.1) is 0 Å². The number of rotatable bonds is 8. The van der Waals surface area contributed by atoms with Crippen LogP contribution in [-0.4, -0.2) is 64.9 Å². The molecule has 0 unspecified atom stereocenters. The highest BCUT2D eigenvalue weighted by molar-refractivity contribution is 7.07. The molecule has 4 heterocycles. The number of nitrogens with zero attached hydrogens (tertiary/aromatic N) is 4. The SMILES string of the molecule is CCOc1ccc([C@H]2C(C(=O)OC(C)C)=C(C)N=c3s/c(=C\c4cn(CC(=O)N5CCOCC5)c5ccccc45)c(=O)n32)cc1. The van der Waals surface area contributed by atoms with Gasteiger partial charge in [0.05, 0.1) is 47.8 Å². The van der Waals surface area contributed by atoms with Crippen molar-refractivity contribution in [3.63, 3.8) is 0 Å². The van der Waals surface area contributed by atoms with E-state index < -0.39 is 12.0 Å². The molecule has 1 saturated heterocycles. The predicted octanol–water partition coefficient (Wildman–Crippen LogP) is 3.40. The van der Waals surface area contributed by atoms with Gasteiger partial charge in [0.25, 0.3) is 5.56 Å². The second-order valence-corrected chi connectivity index (χ2v) is 12.3. The second-order valence-electron chi connectivity index (χ2n) is 11.3. The number of carbonyl (C=O) groups excluding carboxylic acids is 2. The van der Waals surface area contributed by atoms with E-state index in [0.717, 1.165) is 22.0 Å². The molecular weight excluding hydrogens is 592 g/mol. The molecule has 0 N–H and O–H groups in total. The number of aromatic nitrogens is 2. The Morgan fingerprint density at radius 2 is 1.84 bits per heavy atom. The van der Waals surface area contributed by atoms with Crippen LogP contribution in [-0.2, 0) is 25.6 Å². The Hall–Kier alpha value is -4.48. The molecule has 2 aliphatic rings. The third kappa shape index (κ3) is 6.10. The van der Waals surface area contributed by atoms with Crippen molar-refractivity contribution in [2.24, 2.45) is 4.99 Å². The van der Waals surface area contributed by atoms with Crippen LogP contribution in [0.4, 0.5) is 0 Å². The van der Waals surface area contributed by atoms with E-state index in [-0.39, 0.29) is 24.1 Å². The molecule has 0 aliphatic carbocycles. The fraction of sp³-hybridized carbons (Fsp3) is 0.353. The van der Waals surface area contributed by atoms with E-state index >= 15 is 0 Å². The molecule has 6 rings (SSSR count). The topological polar surface area (TPSA) is 104 Å². The number of fused-ring (bicyclic) bond motifs is 2. The molecule has 1 amide bonds. The van der Waals surface area contributed by atoms with Gasteiger partial charge in [-0.2, -0.15) is 0 Å². The fourth-order valence-electron chi connectivity index (χ4n) is 5.81. The maximum Gasteiger partial charge on any atom is 0.338 e. The number of hydrogen-bond acceptors (Lipinski definition) is 8. The number of thiazole rings is 1. The summed E-state index contributed by atoms with van der Waals surface area (Å²) in [5.41, 5.74) is 3.03. The largest absolute Gasteiger partial charge is 0.494 e. The van der Waals surface area contributed by atoms with Crippen LogP contribution in [0.2, 0.25) is 0 Å². The molecule has 45 heavy (non-hydrogen) atoms. The maximum atomic E-state index is 14.2. The molecule has 2 aromatic heterocycles. The lowest BCUT2D eigenvalue weighted by atomic mass is 9.96. The van der Waals surface area contributed by atoms with E-state index in [4.69, 9.17) is 19.2 Å². The summed E-state index contributed by atoms with van der Waals surface area (Å²) < 4.78 is 20.6. The van der Waals surface area contributed by atoms with E-state index in [1.165, 1.54) is 11.3 Å². The van der Waals surface area contributed by atoms with Crippen LogP contribution in [0.5, 0.6) is 5.75 Å². The van der Waals surface area contributed by atoms with Crippen molar-refractivity contribution in [3.8, 4) is 5.75 Å². The number of para-hydroxylation sites is 1. The monoisotopic (exact) mass is 628 g/mol. The van der Waals surface area contributed by atoms with Gasteiger partial charge in [-0.1, -0.05) is 41.7 Å². The van der Waals surface area contributed by atoms with Crippen LogP contribution in [0.3, 0.4) is 0 Å². The number of carbonyl (C=O) groups is 2. The van der Waals surface area contributed by atoms with E-state index in [2.05, 4.69) is 0 Å². The number of amides is 1. The first-order chi connectivity index (χ1) is 21.7. The highest BCUT2D eigenvalue weighted by Crippen LogP contribution is 2.32. The Morgan fingerprint density at radius 3 is 2.56 bits per heavy atom. The zero-order chi connectivity index (χ0) is 31.7. The number of allylic oxidation sites excluding steroid dienone is 1.